The summed E-state index contributed by atoms with van der Waals surface area (Å²) in [5.74, 6) is 0.779. The fourth-order valence-corrected chi connectivity index (χ4v) is 2.09. The van der Waals surface area contributed by atoms with Gasteiger partial charge in [-0.15, -0.1) is 11.6 Å². The average molecular weight is 236 g/mol. The minimum Gasteiger partial charge on any atom is -0.383 e. The first kappa shape index (κ1) is 15.2. The molecule has 0 aliphatic heterocycles. The van der Waals surface area contributed by atoms with Gasteiger partial charge in [-0.3, -0.25) is 4.90 Å². The molecule has 0 saturated heterocycles. The molecule has 0 aliphatic carbocycles. The van der Waals surface area contributed by atoms with E-state index in [9.17, 15) is 0 Å². The van der Waals surface area contributed by atoms with Crippen molar-refractivity contribution in [3.05, 3.63) is 0 Å². The molecule has 0 atom stereocenters. The molecule has 0 spiro atoms. The maximum atomic E-state index is 5.69. The summed E-state index contributed by atoms with van der Waals surface area (Å²) in [5, 5.41) is 0. The van der Waals surface area contributed by atoms with Gasteiger partial charge in [0.25, 0.3) is 0 Å². The number of halogens is 1. The topological polar surface area (TPSA) is 12.5 Å². The van der Waals surface area contributed by atoms with Crippen LogP contribution in [-0.4, -0.2) is 43.6 Å². The molecule has 3 heteroatoms. The lowest BCUT2D eigenvalue weighted by Gasteiger charge is -2.30. The smallest absolute Gasteiger partial charge is 0.0589 e. The lowest BCUT2D eigenvalue weighted by Crippen LogP contribution is -2.37. The Balaban J connectivity index is 3.91. The number of unbranched alkanes of at least 4 members (excludes halogenated alkanes) is 1. The van der Waals surface area contributed by atoms with Crippen LogP contribution in [0, 0.1) is 0 Å². The van der Waals surface area contributed by atoms with Crippen LogP contribution in [0.15, 0.2) is 0 Å². The molecule has 2 nitrogen and oxygen atoms in total. The van der Waals surface area contributed by atoms with E-state index in [1.54, 1.807) is 7.11 Å². The van der Waals surface area contributed by atoms with Crippen molar-refractivity contribution in [2.45, 2.75) is 45.6 Å². The van der Waals surface area contributed by atoms with Crippen molar-refractivity contribution in [2.75, 3.05) is 32.7 Å². The summed E-state index contributed by atoms with van der Waals surface area (Å²) in [6.07, 6.45) is 4.76. The van der Waals surface area contributed by atoms with Gasteiger partial charge in [-0.25, -0.2) is 0 Å². The van der Waals surface area contributed by atoms with Gasteiger partial charge in [0, 0.05) is 25.6 Å². The van der Waals surface area contributed by atoms with Gasteiger partial charge in [0.15, 0.2) is 0 Å². The molecule has 15 heavy (non-hydrogen) atoms. The molecule has 0 unspecified atom stereocenters. The second kappa shape index (κ2) is 10.7. The molecule has 0 heterocycles. The zero-order valence-electron chi connectivity index (χ0n) is 10.5. The third-order valence-corrected chi connectivity index (χ3v) is 3.14. The van der Waals surface area contributed by atoms with Gasteiger partial charge in [0.05, 0.1) is 6.61 Å². The maximum Gasteiger partial charge on any atom is 0.0589 e. The van der Waals surface area contributed by atoms with Gasteiger partial charge in [0.1, 0.15) is 0 Å². The highest BCUT2D eigenvalue weighted by molar-refractivity contribution is 6.17. The Morgan fingerprint density at radius 3 is 2.27 bits per heavy atom. The monoisotopic (exact) mass is 235 g/mol. The van der Waals surface area contributed by atoms with Crippen molar-refractivity contribution in [3.8, 4) is 0 Å². The molecule has 0 rings (SSSR count). The molecule has 0 bridgehead atoms. The molecule has 0 aromatic carbocycles. The lowest BCUT2D eigenvalue weighted by atomic mass is 10.1. The van der Waals surface area contributed by atoms with E-state index in [1.807, 2.05) is 0 Å². The summed E-state index contributed by atoms with van der Waals surface area (Å²) in [6, 6.07) is 0.704. The SMILES string of the molecule is CCC(CC)N(CCCCCl)CCOC. The summed E-state index contributed by atoms with van der Waals surface area (Å²) in [4.78, 5) is 2.54. The Labute approximate surface area is 99.9 Å². The summed E-state index contributed by atoms with van der Waals surface area (Å²) in [5.41, 5.74) is 0. The number of ether oxygens (including phenoxy) is 1. The van der Waals surface area contributed by atoms with Crippen molar-refractivity contribution < 1.29 is 4.74 Å². The highest BCUT2D eigenvalue weighted by Crippen LogP contribution is 2.09. The van der Waals surface area contributed by atoms with Crippen molar-refractivity contribution >= 4 is 11.6 Å². The quantitative estimate of drug-likeness (QED) is 0.426. The van der Waals surface area contributed by atoms with Crippen LogP contribution >= 0.6 is 11.6 Å². The molecule has 0 aromatic rings. The van der Waals surface area contributed by atoms with Crippen LogP contribution in [0.2, 0.25) is 0 Å². The molecule has 0 N–H and O–H groups in total. The Bertz CT molecular complexity index is 129. The highest BCUT2D eigenvalue weighted by atomic mass is 35.5. The number of alkyl halides is 1. The minimum atomic E-state index is 0.704. The average Bonchev–Trinajstić information content (AvgIpc) is 2.26. The number of methoxy groups -OCH3 is 1. The van der Waals surface area contributed by atoms with Crippen molar-refractivity contribution in [1.29, 1.82) is 0 Å². The Kier molecular flexibility index (Phi) is 10.9. The molecule has 0 aliphatic rings. The Morgan fingerprint density at radius 2 is 1.80 bits per heavy atom. The molecule has 0 fully saturated rings. The largest absolute Gasteiger partial charge is 0.383 e. The second-order valence-electron chi connectivity index (χ2n) is 3.90. The summed E-state index contributed by atoms with van der Waals surface area (Å²) in [7, 11) is 1.77. The van der Waals surface area contributed by atoms with Crippen LogP contribution in [0.25, 0.3) is 0 Å². The van der Waals surface area contributed by atoms with E-state index in [0.717, 1.165) is 32.0 Å². The Hall–Kier alpha value is 0.210. The maximum absolute atomic E-state index is 5.69. The molecule has 0 aromatic heterocycles. The minimum absolute atomic E-state index is 0.704. The molecule has 0 saturated carbocycles. The van der Waals surface area contributed by atoms with E-state index in [4.69, 9.17) is 16.3 Å². The third kappa shape index (κ3) is 7.15. The predicted molar refractivity (Wildman–Crippen MR) is 67.8 cm³/mol. The first-order valence-corrected chi connectivity index (χ1v) is 6.62. The fourth-order valence-electron chi connectivity index (χ4n) is 1.90. The van der Waals surface area contributed by atoms with Crippen LogP contribution in [0.5, 0.6) is 0 Å². The van der Waals surface area contributed by atoms with E-state index in [2.05, 4.69) is 18.7 Å². The first-order chi connectivity index (χ1) is 7.29. The van der Waals surface area contributed by atoms with Gasteiger partial charge in [-0.05, 0) is 32.2 Å². The molecule has 0 amide bonds. The Morgan fingerprint density at radius 1 is 1.13 bits per heavy atom. The van der Waals surface area contributed by atoms with E-state index in [0.29, 0.717) is 6.04 Å². The van der Waals surface area contributed by atoms with Crippen molar-refractivity contribution in [1.82, 2.24) is 4.90 Å². The molecule has 92 valence electrons. The molecular weight excluding hydrogens is 210 g/mol. The fraction of sp³-hybridized carbons (Fsp3) is 1.00. The van der Waals surface area contributed by atoms with Crippen molar-refractivity contribution in [2.24, 2.45) is 0 Å². The highest BCUT2D eigenvalue weighted by Gasteiger charge is 2.13. The number of hydrogen-bond acceptors (Lipinski definition) is 2. The van der Waals surface area contributed by atoms with Gasteiger partial charge >= 0.3 is 0 Å². The van der Waals surface area contributed by atoms with Crippen LogP contribution in [0.4, 0.5) is 0 Å². The number of rotatable bonds is 10. The predicted octanol–water partition coefficient (Wildman–Crippen LogP) is 3.14. The standard InChI is InChI=1S/C12H26ClNO/c1-4-12(5-2)14(10-11-15-3)9-7-6-8-13/h12H,4-11H2,1-3H3. The van der Waals surface area contributed by atoms with E-state index in [-0.39, 0.29) is 0 Å². The van der Waals surface area contributed by atoms with E-state index < -0.39 is 0 Å². The zero-order chi connectivity index (χ0) is 11.5. The van der Waals surface area contributed by atoms with Crippen LogP contribution < -0.4 is 0 Å². The van der Waals surface area contributed by atoms with Gasteiger partial charge in [-0.1, -0.05) is 13.8 Å². The summed E-state index contributed by atoms with van der Waals surface area (Å²) in [6.45, 7) is 7.55. The van der Waals surface area contributed by atoms with Crippen LogP contribution in [-0.2, 0) is 4.74 Å². The van der Waals surface area contributed by atoms with Gasteiger partial charge < -0.3 is 4.74 Å². The van der Waals surface area contributed by atoms with Gasteiger partial charge in [-0.2, -0.15) is 0 Å². The van der Waals surface area contributed by atoms with Crippen molar-refractivity contribution in [3.63, 3.8) is 0 Å². The number of hydrogen-bond donors (Lipinski definition) is 0. The third-order valence-electron chi connectivity index (χ3n) is 2.87. The zero-order valence-corrected chi connectivity index (χ0v) is 11.2. The lowest BCUT2D eigenvalue weighted by molar-refractivity contribution is 0.114. The number of nitrogens with zero attached hydrogens (tertiary/aromatic N) is 1. The van der Waals surface area contributed by atoms with Crippen LogP contribution in [0.3, 0.4) is 0 Å². The normalized spacial score (nSPS) is 11.6. The molecular formula is C12H26ClNO. The van der Waals surface area contributed by atoms with Gasteiger partial charge in [0.2, 0.25) is 0 Å². The molecule has 0 radical (unpaired) electrons. The van der Waals surface area contributed by atoms with E-state index >= 15 is 0 Å². The summed E-state index contributed by atoms with van der Waals surface area (Å²) >= 11 is 5.69. The van der Waals surface area contributed by atoms with Crippen LogP contribution in [0.1, 0.15) is 39.5 Å². The second-order valence-corrected chi connectivity index (χ2v) is 4.27. The first-order valence-electron chi connectivity index (χ1n) is 6.09. The summed E-state index contributed by atoms with van der Waals surface area (Å²) < 4.78 is 5.15. The van der Waals surface area contributed by atoms with E-state index in [1.165, 1.54) is 19.3 Å².